The minimum atomic E-state index is -0.774. The van der Waals surface area contributed by atoms with E-state index in [0.29, 0.717) is 6.42 Å². The highest BCUT2D eigenvalue weighted by atomic mass is 32.2. The lowest BCUT2D eigenvalue weighted by Gasteiger charge is -2.29. The number of para-hydroxylation sites is 1. The molecular formula is C15H19NO3S. The number of rotatable bonds is 2. The van der Waals surface area contributed by atoms with Crippen LogP contribution in [0, 0.1) is 0 Å². The highest BCUT2D eigenvalue weighted by Gasteiger charge is 2.35. The Balaban J connectivity index is 1.89. The highest BCUT2D eigenvalue weighted by Crippen LogP contribution is 2.44. The van der Waals surface area contributed by atoms with Gasteiger partial charge in [0.2, 0.25) is 0 Å². The summed E-state index contributed by atoms with van der Waals surface area (Å²) in [7, 11) is 0. The molecule has 2 aliphatic rings. The lowest BCUT2D eigenvalue weighted by atomic mass is 10.0. The molecular weight excluding hydrogens is 274 g/mol. The molecule has 1 aromatic carbocycles. The summed E-state index contributed by atoms with van der Waals surface area (Å²) in [4.78, 5) is 11.2. The molecule has 0 bridgehead atoms. The molecule has 108 valence electrons. The summed E-state index contributed by atoms with van der Waals surface area (Å²) >= 11 is 1.75. The van der Waals surface area contributed by atoms with Crippen molar-refractivity contribution >= 4 is 17.7 Å². The summed E-state index contributed by atoms with van der Waals surface area (Å²) in [5.41, 5.74) is 2.11. The average Bonchev–Trinajstić information content (AvgIpc) is 2.72. The number of benzene rings is 1. The largest absolute Gasteiger partial charge is 0.487 e. The fourth-order valence-corrected chi connectivity index (χ4v) is 4.07. The van der Waals surface area contributed by atoms with Crippen LogP contribution in [-0.2, 0) is 11.2 Å². The summed E-state index contributed by atoms with van der Waals surface area (Å²) in [5.74, 6) is 1.01. The van der Waals surface area contributed by atoms with Gasteiger partial charge in [0.1, 0.15) is 17.4 Å². The van der Waals surface area contributed by atoms with E-state index >= 15 is 0 Å². The zero-order valence-corrected chi connectivity index (χ0v) is 12.5. The van der Waals surface area contributed by atoms with E-state index in [9.17, 15) is 9.90 Å². The van der Waals surface area contributed by atoms with Crippen molar-refractivity contribution in [3.8, 4) is 5.75 Å². The van der Waals surface area contributed by atoms with E-state index in [4.69, 9.17) is 4.74 Å². The molecule has 5 heteroatoms. The molecule has 0 amide bonds. The monoisotopic (exact) mass is 293 g/mol. The first-order valence-corrected chi connectivity index (χ1v) is 7.92. The number of thioether (sulfide) groups is 1. The van der Waals surface area contributed by atoms with Crippen molar-refractivity contribution in [1.82, 2.24) is 5.32 Å². The number of hydrogen-bond acceptors (Lipinski definition) is 4. The normalized spacial score (nSPS) is 27.7. The summed E-state index contributed by atoms with van der Waals surface area (Å²) < 4.78 is 6.07. The van der Waals surface area contributed by atoms with Gasteiger partial charge in [0.05, 0.1) is 5.37 Å². The van der Waals surface area contributed by atoms with Gasteiger partial charge in [-0.25, -0.2) is 0 Å². The molecule has 2 aliphatic heterocycles. The van der Waals surface area contributed by atoms with Gasteiger partial charge in [0.15, 0.2) is 0 Å². The maximum absolute atomic E-state index is 11.2. The van der Waals surface area contributed by atoms with Crippen LogP contribution in [0.25, 0.3) is 0 Å². The number of aliphatic carboxylic acids is 1. The fraction of sp³-hybridized carbons (Fsp3) is 0.533. The number of ether oxygens (including phenoxy) is 1. The van der Waals surface area contributed by atoms with Gasteiger partial charge >= 0.3 is 5.97 Å². The van der Waals surface area contributed by atoms with E-state index < -0.39 is 12.0 Å². The quantitative estimate of drug-likeness (QED) is 0.877. The first-order chi connectivity index (χ1) is 9.46. The molecule has 0 aliphatic carbocycles. The van der Waals surface area contributed by atoms with Crippen LogP contribution in [0.15, 0.2) is 18.2 Å². The molecule has 20 heavy (non-hydrogen) atoms. The molecule has 0 spiro atoms. The van der Waals surface area contributed by atoms with Crippen LogP contribution in [0.2, 0.25) is 0 Å². The Labute approximate surface area is 122 Å². The standard InChI is InChI=1S/C15H19NO3S/c1-15(2)8-9-4-3-5-10(12(9)19-15)13-16-11(14(17)18)6-7-20-13/h3-5,11,13,16H,6-8H2,1-2H3,(H,17,18). The van der Waals surface area contributed by atoms with Crippen molar-refractivity contribution in [3.63, 3.8) is 0 Å². The van der Waals surface area contributed by atoms with E-state index in [1.165, 1.54) is 5.56 Å². The maximum Gasteiger partial charge on any atom is 0.320 e. The van der Waals surface area contributed by atoms with Gasteiger partial charge in [-0.3, -0.25) is 10.1 Å². The third kappa shape index (κ3) is 2.52. The van der Waals surface area contributed by atoms with Gasteiger partial charge in [0, 0.05) is 12.0 Å². The van der Waals surface area contributed by atoms with Crippen LogP contribution in [0.5, 0.6) is 5.75 Å². The van der Waals surface area contributed by atoms with Gasteiger partial charge in [-0.15, -0.1) is 11.8 Å². The van der Waals surface area contributed by atoms with E-state index in [1.807, 2.05) is 12.1 Å². The summed E-state index contributed by atoms with van der Waals surface area (Å²) in [6, 6.07) is 5.70. The number of hydrogen-bond donors (Lipinski definition) is 2. The minimum Gasteiger partial charge on any atom is -0.487 e. The first-order valence-electron chi connectivity index (χ1n) is 6.87. The molecule has 1 saturated heterocycles. The number of fused-ring (bicyclic) bond motifs is 1. The summed E-state index contributed by atoms with van der Waals surface area (Å²) in [6.45, 7) is 4.16. The van der Waals surface area contributed by atoms with Crippen LogP contribution in [0.3, 0.4) is 0 Å². The molecule has 1 aromatic rings. The van der Waals surface area contributed by atoms with Gasteiger partial charge in [-0.05, 0) is 31.6 Å². The molecule has 2 atom stereocenters. The number of carbonyl (C=O) groups is 1. The van der Waals surface area contributed by atoms with Gasteiger partial charge < -0.3 is 9.84 Å². The molecule has 2 N–H and O–H groups in total. The second-order valence-electron chi connectivity index (χ2n) is 5.97. The Morgan fingerprint density at radius 3 is 3.05 bits per heavy atom. The zero-order valence-electron chi connectivity index (χ0n) is 11.7. The van der Waals surface area contributed by atoms with Crippen LogP contribution in [-0.4, -0.2) is 28.5 Å². The van der Waals surface area contributed by atoms with E-state index in [-0.39, 0.29) is 11.0 Å². The SMILES string of the molecule is CC1(C)Cc2cccc(C3NC(C(=O)O)CCS3)c2O1. The van der Waals surface area contributed by atoms with Gasteiger partial charge in [-0.1, -0.05) is 18.2 Å². The van der Waals surface area contributed by atoms with Crippen LogP contribution in [0.1, 0.15) is 36.8 Å². The molecule has 1 fully saturated rings. The van der Waals surface area contributed by atoms with E-state index in [0.717, 1.165) is 23.5 Å². The predicted octanol–water partition coefficient (Wildman–Crippen LogP) is 2.58. The van der Waals surface area contributed by atoms with Gasteiger partial charge in [-0.2, -0.15) is 0 Å². The fourth-order valence-electron chi connectivity index (χ4n) is 2.84. The van der Waals surface area contributed by atoms with Crippen molar-refractivity contribution < 1.29 is 14.6 Å². The van der Waals surface area contributed by atoms with Crippen molar-refractivity contribution in [2.24, 2.45) is 0 Å². The van der Waals surface area contributed by atoms with Crippen molar-refractivity contribution in [1.29, 1.82) is 0 Å². The lowest BCUT2D eigenvalue weighted by Crippen LogP contribution is -2.41. The molecule has 2 heterocycles. The number of carboxylic acid groups (broad SMARTS) is 1. The molecule has 3 rings (SSSR count). The van der Waals surface area contributed by atoms with Crippen LogP contribution < -0.4 is 10.1 Å². The molecule has 0 aromatic heterocycles. The number of carboxylic acids is 1. The van der Waals surface area contributed by atoms with Crippen molar-refractivity contribution in [2.45, 2.75) is 43.7 Å². The summed E-state index contributed by atoms with van der Waals surface area (Å²) in [6.07, 6.45) is 1.56. The third-order valence-electron chi connectivity index (χ3n) is 3.75. The lowest BCUT2D eigenvalue weighted by molar-refractivity contribution is -0.139. The maximum atomic E-state index is 11.2. The predicted molar refractivity (Wildman–Crippen MR) is 79.2 cm³/mol. The van der Waals surface area contributed by atoms with E-state index in [1.54, 1.807) is 11.8 Å². The Morgan fingerprint density at radius 1 is 1.50 bits per heavy atom. The summed E-state index contributed by atoms with van der Waals surface area (Å²) in [5, 5.41) is 12.4. The second kappa shape index (κ2) is 4.97. The van der Waals surface area contributed by atoms with Crippen LogP contribution in [0.4, 0.5) is 0 Å². The Kier molecular flexibility index (Phi) is 3.42. The number of nitrogens with one attached hydrogen (secondary N) is 1. The van der Waals surface area contributed by atoms with Crippen molar-refractivity contribution in [2.75, 3.05) is 5.75 Å². The molecule has 2 unspecified atom stereocenters. The molecule has 0 radical (unpaired) electrons. The zero-order chi connectivity index (χ0) is 14.3. The third-order valence-corrected chi connectivity index (χ3v) is 4.94. The topological polar surface area (TPSA) is 58.6 Å². The minimum absolute atomic E-state index is 0.00583. The average molecular weight is 293 g/mol. The Morgan fingerprint density at radius 2 is 2.30 bits per heavy atom. The second-order valence-corrected chi connectivity index (χ2v) is 7.18. The van der Waals surface area contributed by atoms with Crippen LogP contribution >= 0.6 is 11.8 Å². The highest BCUT2D eigenvalue weighted by molar-refractivity contribution is 7.99. The molecule has 0 saturated carbocycles. The van der Waals surface area contributed by atoms with E-state index in [2.05, 4.69) is 25.2 Å². The van der Waals surface area contributed by atoms with Gasteiger partial charge in [0.25, 0.3) is 0 Å². The smallest absolute Gasteiger partial charge is 0.320 e. The Bertz CT molecular complexity index is 544. The Hall–Kier alpha value is -1.20. The van der Waals surface area contributed by atoms with Crippen molar-refractivity contribution in [3.05, 3.63) is 29.3 Å². The first kappa shape index (κ1) is 13.8. The molecule has 4 nitrogen and oxygen atoms in total.